The summed E-state index contributed by atoms with van der Waals surface area (Å²) in [5.41, 5.74) is 0. The predicted molar refractivity (Wildman–Crippen MR) is 54.0 cm³/mol. The van der Waals surface area contributed by atoms with Gasteiger partial charge in [-0.15, -0.1) is 0 Å². The van der Waals surface area contributed by atoms with Gasteiger partial charge in [-0.05, 0) is 0 Å². The van der Waals surface area contributed by atoms with E-state index in [0.29, 0.717) is 0 Å². The average molecular weight is 228 g/mol. The Labute approximate surface area is 130 Å². The molecule has 4 heteroatoms. The molecule has 14 heavy (non-hydrogen) atoms. The standard InChI is InChI=1S/C9H19.CH2O3.K/c1-3-5-7-9-8-6-4-2;2-1(3)4;/h1,3-9H2,2H3;(H2,2,3,4);/q-1;;+1. The van der Waals surface area contributed by atoms with Crippen molar-refractivity contribution in [3.8, 4) is 0 Å². The van der Waals surface area contributed by atoms with Crippen molar-refractivity contribution in [1.29, 1.82) is 0 Å². The molecule has 0 saturated heterocycles. The van der Waals surface area contributed by atoms with Crippen molar-refractivity contribution in [2.75, 3.05) is 0 Å². The van der Waals surface area contributed by atoms with Gasteiger partial charge in [-0.3, -0.25) is 0 Å². The molecule has 2 N–H and O–H groups in total. The summed E-state index contributed by atoms with van der Waals surface area (Å²) in [5, 5.41) is 13.9. The third kappa shape index (κ3) is 38.4. The van der Waals surface area contributed by atoms with E-state index < -0.39 is 6.16 Å². The number of hydrogen-bond acceptors (Lipinski definition) is 1. The Balaban J connectivity index is -0.000000209. The fourth-order valence-corrected chi connectivity index (χ4v) is 0.957. The summed E-state index contributed by atoms with van der Waals surface area (Å²) in [6.07, 6.45) is 7.61. The third-order valence-electron chi connectivity index (χ3n) is 1.60. The van der Waals surface area contributed by atoms with E-state index in [1.54, 1.807) is 0 Å². The summed E-state index contributed by atoms with van der Waals surface area (Å²) in [7, 11) is 0. The van der Waals surface area contributed by atoms with Gasteiger partial charge in [-0.2, -0.15) is 6.42 Å². The molecule has 0 spiro atoms. The minimum Gasteiger partial charge on any atom is -0.450 e. The first-order chi connectivity index (χ1) is 6.15. The Hall–Kier alpha value is 0.906. The van der Waals surface area contributed by atoms with Gasteiger partial charge in [0.05, 0.1) is 0 Å². The Bertz CT molecular complexity index is 97.5. The second-order valence-corrected chi connectivity index (χ2v) is 2.90. The molecule has 0 fully saturated rings. The van der Waals surface area contributed by atoms with Crippen molar-refractivity contribution < 1.29 is 66.4 Å². The quantitative estimate of drug-likeness (QED) is 0.401. The van der Waals surface area contributed by atoms with Crippen LogP contribution < -0.4 is 51.4 Å². The molecule has 0 aromatic heterocycles. The molecule has 0 unspecified atom stereocenters. The van der Waals surface area contributed by atoms with E-state index in [0.717, 1.165) is 6.42 Å². The minimum atomic E-state index is -1.83. The van der Waals surface area contributed by atoms with Gasteiger partial charge >= 0.3 is 57.5 Å². The first-order valence-corrected chi connectivity index (χ1v) is 4.86. The van der Waals surface area contributed by atoms with E-state index in [1.165, 1.54) is 38.5 Å². The smallest absolute Gasteiger partial charge is 0.450 e. The molecule has 80 valence electrons. The van der Waals surface area contributed by atoms with Crippen molar-refractivity contribution in [3.63, 3.8) is 0 Å². The van der Waals surface area contributed by atoms with Crippen molar-refractivity contribution in [3.05, 3.63) is 6.92 Å². The molecule has 0 aromatic rings. The van der Waals surface area contributed by atoms with E-state index in [4.69, 9.17) is 15.0 Å². The van der Waals surface area contributed by atoms with Crippen molar-refractivity contribution in [2.24, 2.45) is 0 Å². The van der Waals surface area contributed by atoms with E-state index in [2.05, 4.69) is 13.8 Å². The topological polar surface area (TPSA) is 57.5 Å². The van der Waals surface area contributed by atoms with Gasteiger partial charge in [0.15, 0.2) is 0 Å². The SMILES string of the molecule is O=C(O)O.[CH2-]CCCCCCCC.[K+]. The van der Waals surface area contributed by atoms with Crippen LogP contribution in [0.5, 0.6) is 0 Å². The molecule has 0 amide bonds. The maximum atomic E-state index is 8.56. The summed E-state index contributed by atoms with van der Waals surface area (Å²) in [6.45, 7) is 6.05. The second kappa shape index (κ2) is 19.5. The van der Waals surface area contributed by atoms with Crippen LogP contribution in [0.3, 0.4) is 0 Å². The maximum absolute atomic E-state index is 8.56. The van der Waals surface area contributed by atoms with Crippen LogP contribution in [-0.2, 0) is 0 Å². The maximum Gasteiger partial charge on any atom is 1.00 e. The van der Waals surface area contributed by atoms with E-state index in [9.17, 15) is 0 Å². The zero-order valence-electron chi connectivity index (χ0n) is 9.46. The summed E-state index contributed by atoms with van der Waals surface area (Å²) in [6, 6.07) is 0. The first kappa shape index (κ1) is 20.3. The molecule has 0 aliphatic heterocycles. The van der Waals surface area contributed by atoms with Crippen LogP contribution in [0.15, 0.2) is 0 Å². The van der Waals surface area contributed by atoms with Crippen molar-refractivity contribution >= 4 is 6.16 Å². The molecule has 0 bridgehead atoms. The molecular formula is C10H21KO3. The second-order valence-electron chi connectivity index (χ2n) is 2.90. The summed E-state index contributed by atoms with van der Waals surface area (Å²) < 4.78 is 0. The zero-order chi connectivity index (χ0) is 10.5. The van der Waals surface area contributed by atoms with Crippen LogP contribution in [0.4, 0.5) is 4.79 Å². The fraction of sp³-hybridized carbons (Fsp3) is 0.800. The van der Waals surface area contributed by atoms with Crippen LogP contribution in [0.2, 0.25) is 0 Å². The molecule has 0 radical (unpaired) electrons. The number of carbonyl (C=O) groups is 1. The van der Waals surface area contributed by atoms with Gasteiger partial charge < -0.3 is 17.1 Å². The molecule has 0 aliphatic carbocycles. The van der Waals surface area contributed by atoms with Crippen molar-refractivity contribution in [2.45, 2.75) is 51.9 Å². The summed E-state index contributed by atoms with van der Waals surface area (Å²) >= 11 is 0. The largest absolute Gasteiger partial charge is 1.00 e. The Kier molecular flexibility index (Phi) is 28.3. The normalized spacial score (nSPS) is 8.14. The minimum absolute atomic E-state index is 0. The monoisotopic (exact) mass is 228 g/mol. The zero-order valence-corrected chi connectivity index (χ0v) is 12.6. The van der Waals surface area contributed by atoms with Crippen LogP contribution in [0.1, 0.15) is 51.9 Å². The molecule has 0 atom stereocenters. The number of carboxylic acid groups (broad SMARTS) is 2. The molecule has 0 rings (SSSR count). The van der Waals surface area contributed by atoms with Crippen LogP contribution in [-0.4, -0.2) is 16.4 Å². The number of unbranched alkanes of at least 4 members (excludes halogenated alkanes) is 6. The van der Waals surface area contributed by atoms with E-state index in [1.807, 2.05) is 0 Å². The average Bonchev–Trinajstić information content (AvgIpc) is 2.03. The van der Waals surface area contributed by atoms with E-state index >= 15 is 0 Å². The Morgan fingerprint density at radius 2 is 1.43 bits per heavy atom. The molecule has 0 heterocycles. The van der Waals surface area contributed by atoms with Gasteiger partial charge in [-0.25, -0.2) is 4.79 Å². The van der Waals surface area contributed by atoms with E-state index in [-0.39, 0.29) is 51.4 Å². The summed E-state index contributed by atoms with van der Waals surface area (Å²) in [4.78, 5) is 8.56. The Morgan fingerprint density at radius 3 is 1.79 bits per heavy atom. The first-order valence-electron chi connectivity index (χ1n) is 4.86. The molecule has 0 aromatic carbocycles. The molecule has 3 nitrogen and oxygen atoms in total. The Morgan fingerprint density at radius 1 is 1.07 bits per heavy atom. The van der Waals surface area contributed by atoms with Gasteiger partial charge in [-0.1, -0.05) is 45.4 Å². The molecule has 0 saturated carbocycles. The van der Waals surface area contributed by atoms with Crippen molar-refractivity contribution in [1.82, 2.24) is 0 Å². The third-order valence-corrected chi connectivity index (χ3v) is 1.60. The number of rotatable bonds is 6. The summed E-state index contributed by atoms with van der Waals surface area (Å²) in [5.74, 6) is 0. The molecular weight excluding hydrogens is 207 g/mol. The van der Waals surface area contributed by atoms with Crippen LogP contribution >= 0.6 is 0 Å². The van der Waals surface area contributed by atoms with Gasteiger partial charge in [0.1, 0.15) is 0 Å². The van der Waals surface area contributed by atoms with Crippen LogP contribution in [0.25, 0.3) is 0 Å². The predicted octanol–water partition coefficient (Wildman–Crippen LogP) is 0.797. The van der Waals surface area contributed by atoms with Gasteiger partial charge in [0.2, 0.25) is 0 Å². The van der Waals surface area contributed by atoms with Gasteiger partial charge in [0, 0.05) is 0 Å². The molecule has 0 aliphatic rings. The van der Waals surface area contributed by atoms with Crippen LogP contribution in [0, 0.1) is 6.92 Å². The number of hydrogen-bond donors (Lipinski definition) is 2. The fourth-order valence-electron chi connectivity index (χ4n) is 0.957. The van der Waals surface area contributed by atoms with Gasteiger partial charge in [0.25, 0.3) is 0 Å².